The summed E-state index contributed by atoms with van der Waals surface area (Å²) in [5, 5.41) is 3.96. The Morgan fingerprint density at radius 3 is 2.61 bits per heavy atom. The lowest BCUT2D eigenvalue weighted by atomic mass is 9.95. The Morgan fingerprint density at radius 2 is 1.94 bits per heavy atom. The highest BCUT2D eigenvalue weighted by Crippen LogP contribution is 2.50. The highest BCUT2D eigenvalue weighted by Gasteiger charge is 2.36. The number of anilines is 1. The molecule has 0 bridgehead atoms. The fraction of sp³-hybridized carbons (Fsp3) is 0.429. The molecule has 3 heterocycles. The van der Waals surface area contributed by atoms with Crippen molar-refractivity contribution in [1.29, 1.82) is 0 Å². The van der Waals surface area contributed by atoms with Crippen LogP contribution in [0.25, 0.3) is 0 Å². The molecule has 4 rings (SSSR count). The number of hydrogen-bond donors (Lipinski definition) is 1. The van der Waals surface area contributed by atoms with Gasteiger partial charge in [0.1, 0.15) is 16.0 Å². The Bertz CT molecular complexity index is 1050. The van der Waals surface area contributed by atoms with Gasteiger partial charge in [-0.2, -0.15) is 0 Å². The lowest BCUT2D eigenvalue weighted by molar-refractivity contribution is 0.0601. The third-order valence-electron chi connectivity index (χ3n) is 5.57. The first-order valence-corrected chi connectivity index (χ1v) is 10.5. The number of thiophene rings is 1. The minimum atomic E-state index is -0.525. The average molecular weight is 448 g/mol. The van der Waals surface area contributed by atoms with Gasteiger partial charge in [0.15, 0.2) is 11.5 Å². The number of likely N-dealkylation sites (N-methyl/N-ethyl adjacent to an activating group) is 1. The van der Waals surface area contributed by atoms with Crippen LogP contribution >= 0.6 is 11.3 Å². The Balaban J connectivity index is 1.83. The van der Waals surface area contributed by atoms with Crippen molar-refractivity contribution in [1.82, 2.24) is 4.90 Å². The monoisotopic (exact) mass is 448 g/mol. The van der Waals surface area contributed by atoms with Crippen molar-refractivity contribution in [3.05, 3.63) is 33.2 Å². The van der Waals surface area contributed by atoms with Gasteiger partial charge in [0, 0.05) is 12.1 Å². The third kappa shape index (κ3) is 3.45. The van der Waals surface area contributed by atoms with E-state index in [9.17, 15) is 9.59 Å². The van der Waals surface area contributed by atoms with E-state index in [1.165, 1.54) is 14.2 Å². The van der Waals surface area contributed by atoms with Crippen LogP contribution in [-0.4, -0.2) is 58.6 Å². The second-order valence-electron chi connectivity index (χ2n) is 7.24. The smallest absolute Gasteiger partial charge is 0.348 e. The maximum Gasteiger partial charge on any atom is 0.348 e. The minimum Gasteiger partial charge on any atom is -0.492 e. The molecule has 9 nitrogen and oxygen atoms in total. The summed E-state index contributed by atoms with van der Waals surface area (Å²) in [7, 11) is 6.19. The summed E-state index contributed by atoms with van der Waals surface area (Å²) in [6.45, 7) is 2.62. The van der Waals surface area contributed by atoms with E-state index in [-0.39, 0.29) is 13.0 Å². The molecular formula is C21H24N2O7S. The quantitative estimate of drug-likeness (QED) is 0.693. The van der Waals surface area contributed by atoms with Gasteiger partial charge in [-0.1, -0.05) is 0 Å². The molecular weight excluding hydrogens is 424 g/mol. The summed E-state index contributed by atoms with van der Waals surface area (Å²) < 4.78 is 26.8. The summed E-state index contributed by atoms with van der Waals surface area (Å²) in [4.78, 5) is 27.2. The van der Waals surface area contributed by atoms with E-state index in [0.717, 1.165) is 35.4 Å². The molecule has 0 radical (unpaired) electrons. The second-order valence-corrected chi connectivity index (χ2v) is 8.26. The van der Waals surface area contributed by atoms with Crippen molar-refractivity contribution < 1.29 is 33.3 Å². The summed E-state index contributed by atoms with van der Waals surface area (Å²) >= 11 is 1.16. The first-order chi connectivity index (χ1) is 14.9. The van der Waals surface area contributed by atoms with Crippen LogP contribution in [0.5, 0.6) is 17.2 Å². The Labute approximate surface area is 183 Å². The zero-order valence-electron chi connectivity index (χ0n) is 18.0. The molecule has 0 amide bonds. The Kier molecular flexibility index (Phi) is 5.67. The van der Waals surface area contributed by atoms with Crippen molar-refractivity contribution in [2.24, 2.45) is 0 Å². The molecule has 1 unspecified atom stereocenters. The lowest BCUT2D eigenvalue weighted by Crippen LogP contribution is -2.37. The maximum absolute atomic E-state index is 12.5. The van der Waals surface area contributed by atoms with Crippen molar-refractivity contribution in [2.75, 3.05) is 47.0 Å². The van der Waals surface area contributed by atoms with E-state index in [2.05, 4.69) is 10.2 Å². The van der Waals surface area contributed by atoms with Gasteiger partial charge in [-0.25, -0.2) is 9.59 Å². The Morgan fingerprint density at radius 1 is 1.19 bits per heavy atom. The van der Waals surface area contributed by atoms with E-state index >= 15 is 0 Å². The van der Waals surface area contributed by atoms with Crippen LogP contribution in [-0.2, 0) is 15.9 Å². The number of carbonyl (C=O) groups excluding carboxylic acids is 2. The molecule has 2 aromatic rings. The predicted octanol–water partition coefficient (Wildman–Crippen LogP) is 2.97. The van der Waals surface area contributed by atoms with E-state index in [4.69, 9.17) is 23.7 Å². The van der Waals surface area contributed by atoms with Crippen LogP contribution in [0.3, 0.4) is 0 Å². The average Bonchev–Trinajstić information content (AvgIpc) is 3.37. The van der Waals surface area contributed by atoms with Crippen LogP contribution < -0.4 is 19.5 Å². The fourth-order valence-electron chi connectivity index (χ4n) is 3.99. The summed E-state index contributed by atoms with van der Waals surface area (Å²) in [5.74, 6) is 0.792. The number of esters is 2. The van der Waals surface area contributed by atoms with Crippen LogP contribution in [0, 0.1) is 6.92 Å². The molecule has 2 aliphatic rings. The molecule has 0 aliphatic carbocycles. The number of rotatable bonds is 5. The summed E-state index contributed by atoms with van der Waals surface area (Å²) in [5.41, 5.74) is 2.80. The van der Waals surface area contributed by atoms with Gasteiger partial charge in [-0.3, -0.25) is 4.90 Å². The molecule has 2 aliphatic heterocycles. The molecule has 10 heteroatoms. The van der Waals surface area contributed by atoms with Crippen molar-refractivity contribution in [3.63, 3.8) is 0 Å². The van der Waals surface area contributed by atoms with Crippen LogP contribution in [0.2, 0.25) is 0 Å². The molecule has 1 aromatic heterocycles. The SMILES string of the molecule is COC(=O)c1sc(NC2c3c(cc4c(c3OC)OCO4)CCN2C)c(C(=O)OC)c1C. The van der Waals surface area contributed by atoms with Crippen molar-refractivity contribution in [3.8, 4) is 17.2 Å². The topological polar surface area (TPSA) is 95.6 Å². The molecule has 0 saturated heterocycles. The molecule has 166 valence electrons. The van der Waals surface area contributed by atoms with Gasteiger partial charge in [-0.05, 0) is 37.6 Å². The number of fused-ring (bicyclic) bond motifs is 2. The van der Waals surface area contributed by atoms with Gasteiger partial charge in [-0.15, -0.1) is 11.3 Å². The van der Waals surface area contributed by atoms with Crippen molar-refractivity contribution >= 4 is 28.3 Å². The molecule has 0 spiro atoms. The van der Waals surface area contributed by atoms with Crippen LogP contribution in [0.1, 0.15) is 42.9 Å². The number of benzene rings is 1. The normalized spacial score (nSPS) is 17.1. The largest absolute Gasteiger partial charge is 0.492 e. The molecule has 0 fully saturated rings. The first-order valence-electron chi connectivity index (χ1n) is 9.67. The summed E-state index contributed by atoms with van der Waals surface area (Å²) in [6, 6.07) is 1.97. The molecule has 31 heavy (non-hydrogen) atoms. The lowest BCUT2D eigenvalue weighted by Gasteiger charge is -2.36. The zero-order valence-corrected chi connectivity index (χ0v) is 18.8. The molecule has 1 aromatic carbocycles. The number of hydrogen-bond acceptors (Lipinski definition) is 10. The van der Waals surface area contributed by atoms with Gasteiger partial charge >= 0.3 is 11.9 Å². The molecule has 1 atom stereocenters. The second kappa shape index (κ2) is 8.27. The minimum absolute atomic E-state index is 0.140. The number of carbonyl (C=O) groups is 2. The van der Waals surface area contributed by atoms with E-state index in [1.54, 1.807) is 14.0 Å². The number of nitrogens with one attached hydrogen (secondary N) is 1. The highest BCUT2D eigenvalue weighted by molar-refractivity contribution is 7.18. The fourth-order valence-corrected chi connectivity index (χ4v) is 5.12. The summed E-state index contributed by atoms with van der Waals surface area (Å²) in [6.07, 6.45) is 0.470. The standard InChI is InChI=1S/C21H24N2O7S/c1-10-13(20(24)27-4)19(31-17(10)21(25)28-5)22-18-14-11(6-7-23(18)2)8-12-15(16(14)26-3)30-9-29-12/h8,18,22H,6-7,9H2,1-5H3. The predicted molar refractivity (Wildman–Crippen MR) is 114 cm³/mol. The zero-order chi connectivity index (χ0) is 22.3. The van der Waals surface area contributed by atoms with E-state index < -0.39 is 11.9 Å². The van der Waals surface area contributed by atoms with Crippen molar-refractivity contribution in [2.45, 2.75) is 19.5 Å². The van der Waals surface area contributed by atoms with Crippen LogP contribution in [0.15, 0.2) is 6.07 Å². The highest BCUT2D eigenvalue weighted by atomic mass is 32.1. The number of nitrogens with zero attached hydrogens (tertiary/aromatic N) is 1. The maximum atomic E-state index is 12.5. The van der Waals surface area contributed by atoms with Gasteiger partial charge < -0.3 is 29.0 Å². The van der Waals surface area contributed by atoms with E-state index in [1.807, 2.05) is 13.1 Å². The third-order valence-corrected chi connectivity index (χ3v) is 6.77. The van der Waals surface area contributed by atoms with E-state index in [0.29, 0.717) is 38.3 Å². The van der Waals surface area contributed by atoms with Gasteiger partial charge in [0.2, 0.25) is 12.5 Å². The molecule has 0 saturated carbocycles. The number of methoxy groups -OCH3 is 3. The van der Waals surface area contributed by atoms with Crippen LogP contribution in [0.4, 0.5) is 5.00 Å². The van der Waals surface area contributed by atoms with Gasteiger partial charge in [0.05, 0.1) is 26.9 Å². The Hall–Kier alpha value is -2.98. The van der Waals surface area contributed by atoms with Gasteiger partial charge in [0.25, 0.3) is 0 Å². The molecule has 1 N–H and O–H groups in total. The number of ether oxygens (including phenoxy) is 5. The first kappa shape index (κ1) is 21.3.